The molecule has 1 saturated heterocycles. The maximum atomic E-state index is 14.8. The number of benzene rings is 2. The number of ether oxygens (including phenoxy) is 9. The summed E-state index contributed by atoms with van der Waals surface area (Å²) in [5, 5.41) is 28.4. The molecule has 14 atom stereocenters. The van der Waals surface area contributed by atoms with E-state index in [1.54, 1.807) is 74.5 Å². The number of primary amides is 1. The Morgan fingerprint density at radius 3 is 2.12 bits per heavy atom. The van der Waals surface area contributed by atoms with Gasteiger partial charge in [0, 0.05) is 47.6 Å². The van der Waals surface area contributed by atoms with Gasteiger partial charge in [-0.25, -0.2) is 14.4 Å². The molecule has 0 spiro atoms. The van der Waals surface area contributed by atoms with Gasteiger partial charge in [0.05, 0.1) is 71.7 Å². The summed E-state index contributed by atoms with van der Waals surface area (Å²) in [5.74, 6) is -0.164. The van der Waals surface area contributed by atoms with E-state index in [2.05, 4.69) is 59.3 Å². The lowest BCUT2D eigenvalue weighted by Crippen LogP contribution is -2.63. The minimum Gasteiger partial charge on any atom is -0.486 e. The smallest absolute Gasteiger partial charge is 0.411 e. The minimum absolute atomic E-state index is 0.0242. The molecule has 7 amide bonds. The Balaban J connectivity index is 0.703. The second kappa shape index (κ2) is 37.4. The Bertz CT molecular complexity index is 3110. The summed E-state index contributed by atoms with van der Waals surface area (Å²) in [7, 11) is 0. The maximum absolute atomic E-state index is 14.8. The number of rotatable bonds is 42. The van der Waals surface area contributed by atoms with Gasteiger partial charge in [-0.3, -0.25) is 29.3 Å². The zero-order valence-corrected chi connectivity index (χ0v) is 58.6. The number of allylic oxidation sites excluding steroid dienone is 5. The number of nitrogens with two attached hydrogens (primary N) is 1. The van der Waals surface area contributed by atoms with Gasteiger partial charge in [0.25, 0.3) is 0 Å². The fourth-order valence-corrected chi connectivity index (χ4v) is 15.7. The Hall–Kier alpha value is -7.26. The number of hydrogen-bond donors (Lipinski definition) is 8. The van der Waals surface area contributed by atoms with Crippen LogP contribution < -0.4 is 42.4 Å². The highest BCUT2D eigenvalue weighted by atomic mass is 16.7. The molecule has 5 aliphatic carbocycles. The molecule has 1 heterocycles. The van der Waals surface area contributed by atoms with Gasteiger partial charge in [-0.2, -0.15) is 0 Å². The van der Waals surface area contributed by atoms with Crippen molar-refractivity contribution in [1.29, 1.82) is 0 Å². The molecule has 6 aliphatic rings. The summed E-state index contributed by atoms with van der Waals surface area (Å²) in [4.78, 5) is 104. The van der Waals surface area contributed by atoms with Gasteiger partial charge in [0.2, 0.25) is 23.5 Å². The SMILES string of the molecule is C=CCCC1C(CCCC)C1COC(=O)NCCOCCOCCOCCOCCC(=O)N[C@H](C(=O)N[C@@H](CCCNC(N)=O)C(=O)Nc1ccc(COC(=O)Nc2ccc(OCC(=O)[C@@]34OC(CCC)O[C@@H]3C[C@H]3[C@@H]5CCC6=CC(=O)C=C[C@]6(C)[C@H]5[C@@H](O)C[C@@]34C)cc2)cc1)C(C)C. The second-order valence-corrected chi connectivity index (χ2v) is 27.8. The van der Waals surface area contributed by atoms with E-state index in [4.69, 9.17) is 48.4 Å². The lowest BCUT2D eigenvalue weighted by Gasteiger charge is -2.59. The molecule has 0 radical (unpaired) electrons. The molecule has 4 unspecified atom stereocenters. The van der Waals surface area contributed by atoms with Crippen LogP contribution in [0.1, 0.15) is 137 Å². The lowest BCUT2D eigenvalue weighted by atomic mass is 9.46. The Kier molecular flexibility index (Phi) is 29.3. The number of amides is 7. The monoisotopic (exact) mass is 1380 g/mol. The van der Waals surface area contributed by atoms with E-state index < -0.39 is 83.0 Å². The molecule has 546 valence electrons. The van der Waals surface area contributed by atoms with Crippen molar-refractivity contribution in [3.8, 4) is 5.75 Å². The summed E-state index contributed by atoms with van der Waals surface area (Å²) >= 11 is 0. The number of hydrogen-bond acceptors (Lipinski definition) is 18. The molecule has 25 nitrogen and oxygen atoms in total. The number of ketones is 2. The van der Waals surface area contributed by atoms with Crippen LogP contribution in [-0.2, 0) is 68.5 Å². The van der Waals surface area contributed by atoms with E-state index in [0.29, 0.717) is 106 Å². The van der Waals surface area contributed by atoms with Crippen LogP contribution in [0.5, 0.6) is 5.75 Å². The topological polar surface area (TPSA) is 338 Å². The first-order valence-corrected chi connectivity index (χ1v) is 35.6. The number of aliphatic hydroxyl groups excluding tert-OH is 1. The van der Waals surface area contributed by atoms with Crippen molar-refractivity contribution < 1.29 is 86.1 Å². The van der Waals surface area contributed by atoms with Crippen molar-refractivity contribution in [2.45, 2.75) is 174 Å². The molecular formula is C74H107N7O18. The molecule has 1 aliphatic heterocycles. The van der Waals surface area contributed by atoms with E-state index in [9.17, 15) is 43.5 Å². The Morgan fingerprint density at radius 1 is 0.768 bits per heavy atom. The second-order valence-electron chi connectivity index (χ2n) is 27.8. The summed E-state index contributed by atoms with van der Waals surface area (Å²) in [6.07, 6.45) is 14.1. The van der Waals surface area contributed by atoms with Gasteiger partial charge in [-0.1, -0.05) is 90.7 Å². The number of unbranched alkanes of at least 4 members (excludes halogenated alkanes) is 1. The predicted molar refractivity (Wildman–Crippen MR) is 369 cm³/mol. The van der Waals surface area contributed by atoms with Crippen LogP contribution >= 0.6 is 0 Å². The van der Waals surface area contributed by atoms with Crippen molar-refractivity contribution in [2.24, 2.45) is 58.0 Å². The molecule has 9 N–H and O–H groups in total. The van der Waals surface area contributed by atoms with Crippen LogP contribution in [0.2, 0.25) is 0 Å². The number of anilines is 2. The molecule has 25 heteroatoms. The molecule has 4 saturated carbocycles. The molecule has 2 aromatic carbocycles. The summed E-state index contributed by atoms with van der Waals surface area (Å²) < 4.78 is 52.7. The average Bonchev–Trinajstić information content (AvgIpc) is 1.54. The molecule has 0 bridgehead atoms. The highest BCUT2D eigenvalue weighted by Crippen LogP contribution is 2.70. The number of fused-ring (bicyclic) bond motifs is 7. The summed E-state index contributed by atoms with van der Waals surface area (Å²) in [5.41, 5.74) is 5.16. The van der Waals surface area contributed by atoms with E-state index >= 15 is 0 Å². The van der Waals surface area contributed by atoms with Gasteiger partial charge in [0.15, 0.2) is 17.7 Å². The van der Waals surface area contributed by atoms with Crippen LogP contribution in [0.15, 0.2) is 85.0 Å². The van der Waals surface area contributed by atoms with Gasteiger partial charge in [-0.05, 0) is 154 Å². The van der Waals surface area contributed by atoms with Gasteiger partial charge in [-0.15, -0.1) is 6.58 Å². The summed E-state index contributed by atoms with van der Waals surface area (Å²) in [6.45, 7) is 18.5. The molecule has 8 rings (SSSR count). The standard InChI is InChI=1S/C74H107N7O18/c1-8-11-15-54-55(16-12-9-2)57(54)45-97-70(89)77-32-34-92-36-38-94-40-39-93-37-35-91-33-29-63(85)81-66(47(4)5)68(87)80-59(17-13-31-76-69(75)88)67(86)78-50-21-18-48(19-22-50)44-96-71(90)79-51-23-25-53(26-24-51)95-46-61(84)74-62(98-64(99-74)14-10-3)42-58-56-27-20-49-41-52(82)28-30-72(49,6)65(56)60(83)43-73(58,74)7/h8,18-19,21-26,28,30,41,47,54-60,62,64-66,83H,1,9-17,20,27,29,31-40,42-46H2,2-7H3,(H,77,89)(H,78,86)(H,79,90)(H,80,87)(H,81,85)(H3,75,76,88)/t54?,55?,56-,57?,58-,59-,60-,62+,64?,65+,66-,72-,73-,74+/m0/s1. The van der Waals surface area contributed by atoms with E-state index in [-0.39, 0.29) is 94.1 Å². The van der Waals surface area contributed by atoms with Crippen LogP contribution in [0, 0.1) is 52.3 Å². The first-order chi connectivity index (χ1) is 47.6. The molecule has 2 aromatic rings. The van der Waals surface area contributed by atoms with Gasteiger partial charge in [0.1, 0.15) is 31.0 Å². The van der Waals surface area contributed by atoms with Gasteiger partial charge >= 0.3 is 18.2 Å². The number of Topliss-reactive ketones (excluding diaryl/α,β-unsaturated/α-hetero) is 1. The zero-order valence-electron chi connectivity index (χ0n) is 58.6. The van der Waals surface area contributed by atoms with E-state index in [0.717, 1.165) is 44.1 Å². The number of alkyl carbamates (subject to hydrolysis) is 1. The van der Waals surface area contributed by atoms with E-state index in [1.807, 2.05) is 19.1 Å². The number of carbonyl (C=O) groups is 8. The highest BCUT2D eigenvalue weighted by molar-refractivity contribution is 6.01. The number of urea groups is 1. The zero-order chi connectivity index (χ0) is 71.1. The largest absolute Gasteiger partial charge is 0.486 e. The minimum atomic E-state index is -1.34. The quantitative estimate of drug-likeness (QED) is 0.0227. The number of carbonyl (C=O) groups excluding carboxylic acids is 8. The summed E-state index contributed by atoms with van der Waals surface area (Å²) in [6, 6.07) is 10.3. The van der Waals surface area contributed by atoms with E-state index in [1.165, 1.54) is 12.8 Å². The molecule has 99 heavy (non-hydrogen) atoms. The van der Waals surface area contributed by atoms with Crippen molar-refractivity contribution >= 4 is 58.9 Å². The Morgan fingerprint density at radius 2 is 1.44 bits per heavy atom. The van der Waals surface area contributed by atoms with Crippen LogP contribution in [0.3, 0.4) is 0 Å². The molecule has 5 fully saturated rings. The Labute approximate surface area is 582 Å². The van der Waals surface area contributed by atoms with Crippen molar-refractivity contribution in [2.75, 3.05) is 89.8 Å². The van der Waals surface area contributed by atoms with Crippen molar-refractivity contribution in [1.82, 2.24) is 21.3 Å². The third kappa shape index (κ3) is 20.7. The fourth-order valence-electron chi connectivity index (χ4n) is 15.7. The van der Waals surface area contributed by atoms with Crippen LogP contribution in [-0.4, -0.2) is 168 Å². The third-order valence-electron chi connectivity index (χ3n) is 20.8. The highest BCUT2D eigenvalue weighted by Gasteiger charge is 2.76. The number of aliphatic hydroxyl groups is 1. The maximum Gasteiger partial charge on any atom is 0.411 e. The van der Waals surface area contributed by atoms with Crippen LogP contribution in [0.25, 0.3) is 0 Å². The third-order valence-corrected chi connectivity index (χ3v) is 20.8. The molecular weight excluding hydrogens is 1270 g/mol. The first-order valence-electron chi connectivity index (χ1n) is 35.6. The fraction of sp³-hybridized carbons (Fsp3) is 0.649. The van der Waals surface area contributed by atoms with Crippen molar-refractivity contribution in [3.05, 3.63) is 90.6 Å². The van der Waals surface area contributed by atoms with Crippen molar-refractivity contribution in [3.63, 3.8) is 0 Å². The molecule has 0 aromatic heterocycles. The van der Waals surface area contributed by atoms with Crippen LogP contribution in [0.4, 0.5) is 25.8 Å². The number of nitrogens with one attached hydrogen (secondary N) is 6. The predicted octanol–water partition coefficient (Wildman–Crippen LogP) is 8.77. The first kappa shape index (κ1) is 77.5. The average molecular weight is 1380 g/mol. The van der Waals surface area contributed by atoms with Gasteiger partial charge < -0.3 is 80.1 Å². The normalized spacial score (nSPS) is 26.8. The lowest BCUT2D eigenvalue weighted by molar-refractivity contribution is -0.200.